The standard InChI is InChI=1S/C11H22/c1-5-7-11(4)9-8-10(3)6-2/h9-10H,5-8H2,1-4H3. The van der Waals surface area contributed by atoms with E-state index in [1.54, 1.807) is 5.57 Å². The fourth-order valence-electron chi connectivity index (χ4n) is 1.07. The lowest BCUT2D eigenvalue weighted by Gasteiger charge is -2.04. The molecule has 11 heavy (non-hydrogen) atoms. The first-order valence-corrected chi connectivity index (χ1v) is 4.86. The van der Waals surface area contributed by atoms with Crippen molar-refractivity contribution in [3.05, 3.63) is 11.6 Å². The van der Waals surface area contributed by atoms with Crippen LogP contribution in [0, 0.1) is 5.92 Å². The predicted molar refractivity (Wildman–Crippen MR) is 52.7 cm³/mol. The second-order valence-electron chi connectivity index (χ2n) is 3.55. The number of hydrogen-bond acceptors (Lipinski definition) is 0. The topological polar surface area (TPSA) is 0 Å². The third-order valence-electron chi connectivity index (χ3n) is 2.21. The molecule has 1 unspecified atom stereocenters. The second-order valence-corrected chi connectivity index (χ2v) is 3.55. The van der Waals surface area contributed by atoms with E-state index in [4.69, 9.17) is 0 Å². The molecule has 0 heterocycles. The van der Waals surface area contributed by atoms with Crippen LogP contribution in [0.4, 0.5) is 0 Å². The van der Waals surface area contributed by atoms with Crippen LogP contribution in [0.15, 0.2) is 11.6 Å². The minimum atomic E-state index is 0.863. The second kappa shape index (κ2) is 6.45. The molecule has 0 aromatic heterocycles. The molecule has 0 spiro atoms. The maximum Gasteiger partial charge on any atom is -0.0322 e. The van der Waals surface area contributed by atoms with E-state index >= 15 is 0 Å². The zero-order valence-corrected chi connectivity index (χ0v) is 8.48. The number of allylic oxidation sites excluding steroid dienone is 2. The minimum absolute atomic E-state index is 0.863. The van der Waals surface area contributed by atoms with Crippen LogP contribution in [0.3, 0.4) is 0 Å². The van der Waals surface area contributed by atoms with Crippen molar-refractivity contribution in [2.75, 3.05) is 0 Å². The minimum Gasteiger partial charge on any atom is -0.0853 e. The molecule has 0 saturated carbocycles. The van der Waals surface area contributed by atoms with Crippen LogP contribution >= 0.6 is 0 Å². The monoisotopic (exact) mass is 154 g/mol. The fourth-order valence-corrected chi connectivity index (χ4v) is 1.07. The van der Waals surface area contributed by atoms with Gasteiger partial charge in [-0.15, -0.1) is 0 Å². The molecule has 0 radical (unpaired) electrons. The summed E-state index contributed by atoms with van der Waals surface area (Å²) in [5.74, 6) is 0.863. The zero-order valence-electron chi connectivity index (χ0n) is 8.48. The van der Waals surface area contributed by atoms with Crippen LogP contribution in [0.25, 0.3) is 0 Å². The molecule has 1 atom stereocenters. The van der Waals surface area contributed by atoms with E-state index in [2.05, 4.69) is 33.8 Å². The van der Waals surface area contributed by atoms with Gasteiger partial charge < -0.3 is 0 Å². The zero-order chi connectivity index (χ0) is 8.69. The normalized spacial score (nSPS) is 15.1. The highest BCUT2D eigenvalue weighted by Crippen LogP contribution is 2.11. The maximum absolute atomic E-state index is 2.40. The molecular weight excluding hydrogens is 132 g/mol. The van der Waals surface area contributed by atoms with E-state index in [0.717, 1.165) is 5.92 Å². The first kappa shape index (κ1) is 10.7. The Morgan fingerprint density at radius 2 is 2.00 bits per heavy atom. The summed E-state index contributed by atoms with van der Waals surface area (Å²) in [5, 5.41) is 0. The average Bonchev–Trinajstić information content (AvgIpc) is 2.01. The Kier molecular flexibility index (Phi) is 6.30. The van der Waals surface area contributed by atoms with E-state index in [1.807, 2.05) is 0 Å². The Morgan fingerprint density at radius 3 is 2.45 bits per heavy atom. The van der Waals surface area contributed by atoms with E-state index in [1.165, 1.54) is 25.7 Å². The molecule has 0 N–H and O–H groups in total. The molecule has 0 heteroatoms. The fraction of sp³-hybridized carbons (Fsp3) is 0.818. The van der Waals surface area contributed by atoms with E-state index < -0.39 is 0 Å². The summed E-state index contributed by atoms with van der Waals surface area (Å²) in [7, 11) is 0. The molecule has 0 nitrogen and oxygen atoms in total. The van der Waals surface area contributed by atoms with Gasteiger partial charge in [0.15, 0.2) is 0 Å². The SMILES string of the molecule is CCCC(C)=CCC(C)CC. The summed E-state index contributed by atoms with van der Waals surface area (Å²) in [6, 6.07) is 0. The summed E-state index contributed by atoms with van der Waals surface area (Å²) in [6.07, 6.45) is 7.52. The van der Waals surface area contributed by atoms with Crippen LogP contribution in [-0.4, -0.2) is 0 Å². The molecule has 0 amide bonds. The van der Waals surface area contributed by atoms with Gasteiger partial charge in [0.05, 0.1) is 0 Å². The maximum atomic E-state index is 2.40. The first-order valence-electron chi connectivity index (χ1n) is 4.86. The van der Waals surface area contributed by atoms with Crippen molar-refractivity contribution in [3.8, 4) is 0 Å². The van der Waals surface area contributed by atoms with Gasteiger partial charge in [0, 0.05) is 0 Å². The van der Waals surface area contributed by atoms with Gasteiger partial charge in [0.25, 0.3) is 0 Å². The van der Waals surface area contributed by atoms with Crippen molar-refractivity contribution in [1.29, 1.82) is 0 Å². The van der Waals surface area contributed by atoms with Crippen molar-refractivity contribution in [1.82, 2.24) is 0 Å². The third-order valence-corrected chi connectivity index (χ3v) is 2.21. The summed E-state index contributed by atoms with van der Waals surface area (Å²) in [6.45, 7) is 9.05. The molecule has 0 bridgehead atoms. The van der Waals surface area contributed by atoms with Gasteiger partial charge in [0.2, 0.25) is 0 Å². The average molecular weight is 154 g/mol. The Labute approximate surface area is 71.7 Å². The largest absolute Gasteiger partial charge is 0.0853 e. The lowest BCUT2D eigenvalue weighted by atomic mass is 10.0. The lowest BCUT2D eigenvalue weighted by molar-refractivity contribution is 0.569. The van der Waals surface area contributed by atoms with Gasteiger partial charge in [0.1, 0.15) is 0 Å². The molecule has 0 fully saturated rings. The highest BCUT2D eigenvalue weighted by molar-refractivity contribution is 4.97. The molecular formula is C11H22. The molecule has 0 aliphatic rings. The van der Waals surface area contributed by atoms with Crippen molar-refractivity contribution in [2.24, 2.45) is 5.92 Å². The van der Waals surface area contributed by atoms with Crippen molar-refractivity contribution < 1.29 is 0 Å². The van der Waals surface area contributed by atoms with E-state index in [9.17, 15) is 0 Å². The Hall–Kier alpha value is -0.260. The first-order chi connectivity index (χ1) is 5.20. The number of rotatable bonds is 5. The van der Waals surface area contributed by atoms with Gasteiger partial charge in [-0.1, -0.05) is 45.3 Å². The smallest absolute Gasteiger partial charge is 0.0322 e. The Morgan fingerprint density at radius 1 is 1.36 bits per heavy atom. The molecule has 66 valence electrons. The van der Waals surface area contributed by atoms with Gasteiger partial charge in [-0.3, -0.25) is 0 Å². The highest BCUT2D eigenvalue weighted by atomic mass is 14.0. The molecule has 0 saturated heterocycles. The Bertz CT molecular complexity index is 111. The van der Waals surface area contributed by atoms with Gasteiger partial charge in [-0.25, -0.2) is 0 Å². The van der Waals surface area contributed by atoms with Crippen LogP contribution in [0.5, 0.6) is 0 Å². The van der Waals surface area contributed by atoms with E-state index in [-0.39, 0.29) is 0 Å². The van der Waals surface area contributed by atoms with Gasteiger partial charge in [-0.2, -0.15) is 0 Å². The van der Waals surface area contributed by atoms with Crippen molar-refractivity contribution in [2.45, 2.75) is 53.4 Å². The van der Waals surface area contributed by atoms with Crippen LogP contribution < -0.4 is 0 Å². The molecule has 0 aliphatic heterocycles. The quantitative estimate of drug-likeness (QED) is 0.521. The summed E-state index contributed by atoms with van der Waals surface area (Å²) < 4.78 is 0. The molecule has 0 aliphatic carbocycles. The van der Waals surface area contributed by atoms with Crippen LogP contribution in [0.2, 0.25) is 0 Å². The Balaban J connectivity index is 3.54. The number of hydrogen-bond donors (Lipinski definition) is 0. The predicted octanol–water partition coefficient (Wildman–Crippen LogP) is 4.17. The highest BCUT2D eigenvalue weighted by Gasteiger charge is 1.95. The van der Waals surface area contributed by atoms with Gasteiger partial charge >= 0.3 is 0 Å². The van der Waals surface area contributed by atoms with Crippen LogP contribution in [0.1, 0.15) is 53.4 Å². The van der Waals surface area contributed by atoms with Gasteiger partial charge in [-0.05, 0) is 25.7 Å². The molecule has 0 rings (SSSR count). The lowest BCUT2D eigenvalue weighted by Crippen LogP contribution is -1.89. The van der Waals surface area contributed by atoms with E-state index in [0.29, 0.717) is 0 Å². The van der Waals surface area contributed by atoms with Crippen molar-refractivity contribution in [3.63, 3.8) is 0 Å². The molecule has 0 aromatic carbocycles. The molecule has 0 aromatic rings. The summed E-state index contributed by atoms with van der Waals surface area (Å²) in [4.78, 5) is 0. The summed E-state index contributed by atoms with van der Waals surface area (Å²) >= 11 is 0. The van der Waals surface area contributed by atoms with Crippen molar-refractivity contribution >= 4 is 0 Å². The third kappa shape index (κ3) is 6.15. The van der Waals surface area contributed by atoms with Crippen LogP contribution in [-0.2, 0) is 0 Å². The summed E-state index contributed by atoms with van der Waals surface area (Å²) in [5.41, 5.74) is 1.56.